The van der Waals surface area contributed by atoms with Crippen LogP contribution in [0, 0.1) is 5.92 Å². The molecule has 0 heterocycles. The third-order valence-corrected chi connectivity index (χ3v) is 4.59. The lowest BCUT2D eigenvalue weighted by molar-refractivity contribution is -0.258. The van der Waals surface area contributed by atoms with Crippen molar-refractivity contribution in [3.8, 4) is 0 Å². The molecule has 0 aromatic heterocycles. The lowest BCUT2D eigenvalue weighted by Crippen LogP contribution is -2.41. The highest BCUT2D eigenvalue weighted by Gasteiger charge is 2.40. The molecule has 0 amide bonds. The van der Waals surface area contributed by atoms with Crippen molar-refractivity contribution >= 4 is 0 Å². The fourth-order valence-electron chi connectivity index (χ4n) is 3.31. The van der Waals surface area contributed by atoms with Crippen LogP contribution in [0.1, 0.15) is 64.4 Å². The number of ether oxygens (including phenoxy) is 3. The van der Waals surface area contributed by atoms with Gasteiger partial charge < -0.3 is 14.2 Å². The maximum atomic E-state index is 5.88. The second-order valence-electron chi connectivity index (χ2n) is 6.56. The van der Waals surface area contributed by atoms with E-state index in [0.29, 0.717) is 6.61 Å². The molecule has 1 atom stereocenters. The minimum absolute atomic E-state index is 0.177. The maximum Gasteiger partial charge on any atom is 0.199 e. The van der Waals surface area contributed by atoms with Gasteiger partial charge in [0.2, 0.25) is 0 Å². The van der Waals surface area contributed by atoms with Gasteiger partial charge in [0.1, 0.15) is 0 Å². The molecule has 3 heteroatoms. The molecule has 0 saturated heterocycles. The molecule has 1 aromatic carbocycles. The number of rotatable bonds is 13. The number of methoxy groups -OCH3 is 3. The lowest BCUT2D eigenvalue weighted by Gasteiger charge is -2.38. The van der Waals surface area contributed by atoms with Crippen LogP contribution in [0.15, 0.2) is 43.0 Å². The number of benzene rings is 1. The monoisotopic (exact) mass is 364 g/mol. The van der Waals surface area contributed by atoms with Crippen molar-refractivity contribution in [2.75, 3.05) is 27.9 Å². The first-order valence-corrected chi connectivity index (χ1v) is 9.88. The summed E-state index contributed by atoms with van der Waals surface area (Å²) in [4.78, 5) is 0. The molecule has 0 aliphatic rings. The first-order valence-electron chi connectivity index (χ1n) is 9.88. The average molecular weight is 365 g/mol. The van der Waals surface area contributed by atoms with Crippen molar-refractivity contribution in [1.29, 1.82) is 0 Å². The first kappa shape index (κ1) is 24.8. The van der Waals surface area contributed by atoms with Crippen LogP contribution >= 0.6 is 0 Å². The number of unbranched alkanes of at least 4 members (excludes halogenated alkanes) is 5. The summed E-state index contributed by atoms with van der Waals surface area (Å²) in [5.41, 5.74) is 1.05. The zero-order valence-corrected chi connectivity index (χ0v) is 17.6. The number of hydrogen-bond donors (Lipinski definition) is 0. The molecule has 0 aliphatic carbocycles. The van der Waals surface area contributed by atoms with Gasteiger partial charge >= 0.3 is 0 Å². The molecular formula is C23H40O3. The van der Waals surface area contributed by atoms with E-state index in [2.05, 4.69) is 25.6 Å². The first-order chi connectivity index (χ1) is 12.7. The fourth-order valence-corrected chi connectivity index (χ4v) is 3.31. The predicted molar refractivity (Wildman–Crippen MR) is 111 cm³/mol. The van der Waals surface area contributed by atoms with Gasteiger partial charge in [0.05, 0.1) is 6.61 Å². The molecule has 0 N–H and O–H groups in total. The van der Waals surface area contributed by atoms with Crippen LogP contribution in [0.4, 0.5) is 0 Å². The molecule has 1 rings (SSSR count). The minimum Gasteiger partial charge on any atom is -0.384 e. The van der Waals surface area contributed by atoms with Gasteiger partial charge in [-0.2, -0.15) is 0 Å². The molecular weight excluding hydrogens is 324 g/mol. The van der Waals surface area contributed by atoms with E-state index in [4.69, 9.17) is 14.2 Å². The molecule has 1 aromatic rings. The van der Waals surface area contributed by atoms with Gasteiger partial charge in [-0.1, -0.05) is 81.9 Å². The number of allylic oxidation sites excluding steroid dienone is 1. The van der Waals surface area contributed by atoms with Crippen molar-refractivity contribution in [2.45, 2.75) is 64.6 Å². The Morgan fingerprint density at radius 2 is 1.50 bits per heavy atom. The van der Waals surface area contributed by atoms with Crippen LogP contribution in [-0.4, -0.2) is 27.9 Å². The zero-order valence-electron chi connectivity index (χ0n) is 17.6. The molecule has 150 valence electrons. The molecule has 0 fully saturated rings. The molecule has 1 unspecified atom stereocenters. The molecule has 26 heavy (non-hydrogen) atoms. The zero-order chi connectivity index (χ0) is 19.7. The smallest absolute Gasteiger partial charge is 0.199 e. The highest BCUT2D eigenvalue weighted by Crippen LogP contribution is 2.37. The third kappa shape index (κ3) is 8.48. The van der Waals surface area contributed by atoms with Crippen molar-refractivity contribution in [3.05, 3.63) is 48.6 Å². The van der Waals surface area contributed by atoms with Gasteiger partial charge in [-0.25, -0.2) is 0 Å². The van der Waals surface area contributed by atoms with Gasteiger partial charge in [-0.05, 0) is 13.3 Å². The van der Waals surface area contributed by atoms with Crippen LogP contribution in [0.2, 0.25) is 0 Å². The Kier molecular flexibility index (Phi) is 15.3. The summed E-state index contributed by atoms with van der Waals surface area (Å²) in [5, 5.41) is 0. The van der Waals surface area contributed by atoms with Crippen LogP contribution in [0.5, 0.6) is 0 Å². The van der Waals surface area contributed by atoms with Crippen LogP contribution < -0.4 is 0 Å². The van der Waals surface area contributed by atoms with E-state index < -0.39 is 5.79 Å². The van der Waals surface area contributed by atoms with Gasteiger partial charge in [-0.3, -0.25) is 0 Å². The van der Waals surface area contributed by atoms with Crippen molar-refractivity contribution in [2.24, 2.45) is 5.92 Å². The van der Waals surface area contributed by atoms with E-state index in [9.17, 15) is 0 Å². The van der Waals surface area contributed by atoms with Crippen LogP contribution in [0.25, 0.3) is 0 Å². The van der Waals surface area contributed by atoms with E-state index in [0.717, 1.165) is 12.0 Å². The molecule has 0 bridgehead atoms. The Hall–Kier alpha value is -1.16. The fraction of sp³-hybridized carbons (Fsp3) is 0.652. The molecule has 0 saturated carbocycles. The largest absolute Gasteiger partial charge is 0.384 e. The predicted octanol–water partition coefficient (Wildman–Crippen LogP) is 6.34. The minimum atomic E-state index is -0.735. The van der Waals surface area contributed by atoms with Crippen molar-refractivity contribution in [1.82, 2.24) is 0 Å². The van der Waals surface area contributed by atoms with Gasteiger partial charge in [0.25, 0.3) is 0 Å². The lowest BCUT2D eigenvalue weighted by atomic mass is 9.87. The molecule has 0 spiro atoms. The topological polar surface area (TPSA) is 27.7 Å². The highest BCUT2D eigenvalue weighted by atomic mass is 16.7. The standard InChI is InChI=1S/C20H34O3.C3H6/c1-5-6-7-8-9-11-16-19(17-21-2)20(22-3,23-4)18-14-12-10-13-15-18;1-3-2/h10,12-15,19H,5-9,11,16-17H2,1-4H3;3H,1H2,2H3. The van der Waals surface area contributed by atoms with E-state index in [1.54, 1.807) is 27.4 Å². The summed E-state index contributed by atoms with van der Waals surface area (Å²) >= 11 is 0. The summed E-state index contributed by atoms with van der Waals surface area (Å²) in [6.07, 6.45) is 10.5. The molecule has 0 aliphatic heterocycles. The quantitative estimate of drug-likeness (QED) is 0.232. The van der Waals surface area contributed by atoms with Gasteiger partial charge in [0.15, 0.2) is 5.79 Å². The van der Waals surface area contributed by atoms with E-state index in [1.807, 2.05) is 25.1 Å². The Balaban J connectivity index is 0.00000194. The Labute approximate surface area is 161 Å². The highest BCUT2D eigenvalue weighted by molar-refractivity contribution is 5.21. The second kappa shape index (κ2) is 16.0. The van der Waals surface area contributed by atoms with E-state index >= 15 is 0 Å². The normalized spacial score (nSPS) is 12.2. The maximum absolute atomic E-state index is 5.88. The van der Waals surface area contributed by atoms with Crippen molar-refractivity contribution < 1.29 is 14.2 Å². The number of hydrogen-bond acceptors (Lipinski definition) is 3. The van der Waals surface area contributed by atoms with Crippen LogP contribution in [-0.2, 0) is 20.0 Å². The van der Waals surface area contributed by atoms with Crippen LogP contribution in [0.3, 0.4) is 0 Å². The Morgan fingerprint density at radius 3 is 2.00 bits per heavy atom. The second-order valence-corrected chi connectivity index (χ2v) is 6.56. The van der Waals surface area contributed by atoms with E-state index in [1.165, 1.54) is 38.5 Å². The summed E-state index contributed by atoms with van der Waals surface area (Å²) < 4.78 is 17.2. The summed E-state index contributed by atoms with van der Waals surface area (Å²) in [5.74, 6) is -0.559. The van der Waals surface area contributed by atoms with Gasteiger partial charge in [-0.15, -0.1) is 6.58 Å². The van der Waals surface area contributed by atoms with E-state index in [-0.39, 0.29) is 5.92 Å². The van der Waals surface area contributed by atoms with Gasteiger partial charge in [0, 0.05) is 32.8 Å². The molecule has 0 radical (unpaired) electrons. The Bertz CT molecular complexity index is 426. The Morgan fingerprint density at radius 1 is 0.962 bits per heavy atom. The third-order valence-electron chi connectivity index (χ3n) is 4.59. The summed E-state index contributed by atoms with van der Waals surface area (Å²) in [7, 11) is 5.19. The summed E-state index contributed by atoms with van der Waals surface area (Å²) in [6.45, 7) is 8.13. The summed E-state index contributed by atoms with van der Waals surface area (Å²) in [6, 6.07) is 10.2. The average Bonchev–Trinajstić information content (AvgIpc) is 2.67. The molecule has 3 nitrogen and oxygen atoms in total. The van der Waals surface area contributed by atoms with Crippen molar-refractivity contribution in [3.63, 3.8) is 0 Å². The SMILES string of the molecule is C=CC.CCCCCCCCC(COC)C(OC)(OC)c1ccccc1.